The molecule has 1 aromatic rings. The molecule has 2 heterocycles. The Morgan fingerprint density at radius 1 is 1.26 bits per heavy atom. The van der Waals surface area contributed by atoms with Crippen molar-refractivity contribution in [3.05, 3.63) is 16.1 Å². The van der Waals surface area contributed by atoms with Gasteiger partial charge in [0.2, 0.25) is 0 Å². The van der Waals surface area contributed by atoms with Crippen molar-refractivity contribution in [3.8, 4) is 0 Å². The summed E-state index contributed by atoms with van der Waals surface area (Å²) in [7, 11) is 0. The fourth-order valence-corrected chi connectivity index (χ4v) is 4.62. The Labute approximate surface area is 185 Å². The first-order valence-electron chi connectivity index (χ1n) is 10.4. The van der Waals surface area contributed by atoms with Gasteiger partial charge < -0.3 is 15.0 Å². The summed E-state index contributed by atoms with van der Waals surface area (Å²) in [5.41, 5.74) is 0. The zero-order chi connectivity index (χ0) is 18.2. The zero-order valence-corrected chi connectivity index (χ0v) is 19.9. The second-order valence-electron chi connectivity index (χ2n) is 7.41. The SMILES string of the molecule is CCNC(=NCc1ncc(CC)s1)N1CCC(OCC2CCCC2)CC1.I. The smallest absolute Gasteiger partial charge is 0.194 e. The Morgan fingerprint density at radius 3 is 2.63 bits per heavy atom. The lowest BCUT2D eigenvalue weighted by Gasteiger charge is -2.34. The quantitative estimate of drug-likeness (QED) is 0.337. The molecule has 1 N–H and O–H groups in total. The van der Waals surface area contributed by atoms with Crippen molar-refractivity contribution in [2.24, 2.45) is 10.9 Å². The standard InChI is InChI=1S/C20H34N4OS.HI/c1-3-18-13-22-19(26-18)14-23-20(21-4-2)24-11-9-17(10-12-24)25-15-16-7-5-6-8-16;/h13,16-17H,3-12,14-15H2,1-2H3,(H,21,23);1H. The van der Waals surface area contributed by atoms with Gasteiger partial charge in [-0.2, -0.15) is 0 Å². The minimum Gasteiger partial charge on any atom is -0.378 e. The predicted octanol–water partition coefficient (Wildman–Crippen LogP) is 4.46. The number of nitrogens with zero attached hydrogens (tertiary/aromatic N) is 3. The number of piperidine rings is 1. The molecule has 0 aromatic carbocycles. The van der Waals surface area contributed by atoms with Crippen LogP contribution in [0.4, 0.5) is 0 Å². The van der Waals surface area contributed by atoms with E-state index >= 15 is 0 Å². The fourth-order valence-electron chi connectivity index (χ4n) is 3.84. The zero-order valence-electron chi connectivity index (χ0n) is 16.8. The average Bonchev–Trinajstić information content (AvgIpc) is 3.35. The third kappa shape index (κ3) is 7.16. The predicted molar refractivity (Wildman–Crippen MR) is 124 cm³/mol. The number of halogens is 1. The van der Waals surface area contributed by atoms with E-state index in [4.69, 9.17) is 9.73 Å². The van der Waals surface area contributed by atoms with Crippen LogP contribution in [0, 0.1) is 5.92 Å². The number of ether oxygens (including phenoxy) is 1. The molecular formula is C20H35IN4OS. The van der Waals surface area contributed by atoms with Gasteiger partial charge in [0.1, 0.15) is 5.01 Å². The summed E-state index contributed by atoms with van der Waals surface area (Å²) in [5.74, 6) is 1.84. The molecule has 1 aromatic heterocycles. The van der Waals surface area contributed by atoms with Crippen LogP contribution in [-0.4, -0.2) is 48.2 Å². The lowest BCUT2D eigenvalue weighted by Crippen LogP contribution is -2.47. The molecule has 1 aliphatic heterocycles. The molecule has 0 atom stereocenters. The third-order valence-electron chi connectivity index (χ3n) is 5.43. The van der Waals surface area contributed by atoms with E-state index in [1.54, 1.807) is 11.3 Å². The molecule has 154 valence electrons. The Bertz CT molecular complexity index is 566. The maximum Gasteiger partial charge on any atom is 0.194 e. The summed E-state index contributed by atoms with van der Waals surface area (Å²) in [5, 5.41) is 4.55. The van der Waals surface area contributed by atoms with E-state index < -0.39 is 0 Å². The van der Waals surface area contributed by atoms with Gasteiger partial charge in [-0.25, -0.2) is 9.98 Å². The summed E-state index contributed by atoms with van der Waals surface area (Å²) >= 11 is 1.77. The lowest BCUT2D eigenvalue weighted by molar-refractivity contribution is 0.00101. The normalized spacial score (nSPS) is 19.3. The number of aliphatic imine (C=N–C) groups is 1. The van der Waals surface area contributed by atoms with Crippen molar-refractivity contribution >= 4 is 41.3 Å². The second-order valence-corrected chi connectivity index (χ2v) is 8.61. The Balaban J connectivity index is 0.00000261. The van der Waals surface area contributed by atoms with Gasteiger partial charge in [0, 0.05) is 37.3 Å². The molecule has 7 heteroatoms. The molecule has 2 aliphatic rings. The maximum absolute atomic E-state index is 6.20. The summed E-state index contributed by atoms with van der Waals surface area (Å²) in [6.45, 7) is 8.90. The monoisotopic (exact) mass is 506 g/mol. The van der Waals surface area contributed by atoms with Crippen molar-refractivity contribution in [2.75, 3.05) is 26.2 Å². The maximum atomic E-state index is 6.20. The van der Waals surface area contributed by atoms with Crippen LogP contribution in [0.1, 0.15) is 62.3 Å². The molecular weight excluding hydrogens is 471 g/mol. The van der Waals surface area contributed by atoms with E-state index in [2.05, 4.69) is 29.0 Å². The number of likely N-dealkylation sites (tertiary alicyclic amines) is 1. The van der Waals surface area contributed by atoms with Gasteiger partial charge in [-0.3, -0.25) is 0 Å². The van der Waals surface area contributed by atoms with Crippen LogP contribution < -0.4 is 5.32 Å². The highest BCUT2D eigenvalue weighted by Crippen LogP contribution is 2.26. The van der Waals surface area contributed by atoms with Crippen LogP contribution in [0.5, 0.6) is 0 Å². The van der Waals surface area contributed by atoms with Gasteiger partial charge in [-0.1, -0.05) is 19.8 Å². The molecule has 0 unspecified atom stereocenters. The molecule has 1 saturated carbocycles. The van der Waals surface area contributed by atoms with Crippen molar-refractivity contribution < 1.29 is 4.74 Å². The molecule has 0 radical (unpaired) electrons. The second kappa shape index (κ2) is 12.2. The van der Waals surface area contributed by atoms with Crippen LogP contribution in [0.15, 0.2) is 11.2 Å². The molecule has 3 rings (SSSR count). The molecule has 0 amide bonds. The van der Waals surface area contributed by atoms with E-state index in [-0.39, 0.29) is 24.0 Å². The van der Waals surface area contributed by atoms with Gasteiger partial charge in [0.25, 0.3) is 0 Å². The minimum absolute atomic E-state index is 0. The van der Waals surface area contributed by atoms with Gasteiger partial charge in [0.05, 0.1) is 12.6 Å². The molecule has 0 bridgehead atoms. The summed E-state index contributed by atoms with van der Waals surface area (Å²) in [4.78, 5) is 13.0. The topological polar surface area (TPSA) is 49.8 Å². The summed E-state index contributed by atoms with van der Waals surface area (Å²) in [6.07, 6.45) is 11.2. The number of hydrogen-bond donors (Lipinski definition) is 1. The van der Waals surface area contributed by atoms with Gasteiger partial charge >= 0.3 is 0 Å². The van der Waals surface area contributed by atoms with E-state index in [1.807, 2.05) is 6.20 Å². The van der Waals surface area contributed by atoms with Crippen LogP contribution in [0.3, 0.4) is 0 Å². The fraction of sp³-hybridized carbons (Fsp3) is 0.800. The highest BCUT2D eigenvalue weighted by molar-refractivity contribution is 14.0. The van der Waals surface area contributed by atoms with Crippen LogP contribution in [0.25, 0.3) is 0 Å². The molecule has 1 saturated heterocycles. The average molecular weight is 506 g/mol. The van der Waals surface area contributed by atoms with Gasteiger partial charge in [-0.05, 0) is 44.9 Å². The van der Waals surface area contributed by atoms with Crippen molar-refractivity contribution in [1.29, 1.82) is 0 Å². The largest absolute Gasteiger partial charge is 0.378 e. The van der Waals surface area contributed by atoms with E-state index in [1.165, 1.54) is 30.6 Å². The minimum atomic E-state index is 0. The van der Waals surface area contributed by atoms with Crippen LogP contribution in [-0.2, 0) is 17.7 Å². The van der Waals surface area contributed by atoms with Crippen LogP contribution in [0.2, 0.25) is 0 Å². The number of aryl methyl sites for hydroxylation is 1. The summed E-state index contributed by atoms with van der Waals surface area (Å²) < 4.78 is 6.20. The highest BCUT2D eigenvalue weighted by atomic mass is 127. The number of aromatic nitrogens is 1. The van der Waals surface area contributed by atoms with Gasteiger partial charge in [0.15, 0.2) is 5.96 Å². The number of nitrogens with one attached hydrogen (secondary N) is 1. The molecule has 0 spiro atoms. The van der Waals surface area contributed by atoms with E-state index in [0.29, 0.717) is 12.6 Å². The summed E-state index contributed by atoms with van der Waals surface area (Å²) in [6, 6.07) is 0. The molecule has 1 aliphatic carbocycles. The van der Waals surface area contributed by atoms with Crippen LogP contribution >= 0.6 is 35.3 Å². The first kappa shape index (κ1) is 22.9. The molecule has 5 nitrogen and oxygen atoms in total. The Kier molecular flexibility index (Phi) is 10.3. The van der Waals surface area contributed by atoms with Gasteiger partial charge in [-0.15, -0.1) is 35.3 Å². The Morgan fingerprint density at radius 2 is 2.00 bits per heavy atom. The van der Waals surface area contributed by atoms with Crippen molar-refractivity contribution in [3.63, 3.8) is 0 Å². The third-order valence-corrected chi connectivity index (χ3v) is 6.56. The molecule has 27 heavy (non-hydrogen) atoms. The first-order valence-corrected chi connectivity index (χ1v) is 11.2. The Hall–Kier alpha value is -0.410. The van der Waals surface area contributed by atoms with E-state index in [0.717, 1.165) is 62.4 Å². The van der Waals surface area contributed by atoms with Crippen molar-refractivity contribution in [1.82, 2.24) is 15.2 Å². The highest BCUT2D eigenvalue weighted by Gasteiger charge is 2.24. The number of guanidine groups is 1. The number of thiazole rings is 1. The number of hydrogen-bond acceptors (Lipinski definition) is 4. The number of rotatable bonds is 7. The lowest BCUT2D eigenvalue weighted by atomic mass is 10.1. The first-order chi connectivity index (χ1) is 12.8. The molecule has 2 fully saturated rings. The van der Waals surface area contributed by atoms with Crippen molar-refractivity contribution in [2.45, 2.75) is 71.4 Å². The van der Waals surface area contributed by atoms with E-state index in [9.17, 15) is 0 Å².